The van der Waals surface area contributed by atoms with Gasteiger partial charge in [-0.1, -0.05) is 82.0 Å². The van der Waals surface area contributed by atoms with Crippen LogP contribution in [0.15, 0.2) is 85.1 Å². The largest absolute Gasteiger partial charge is 0.337 e. The fourth-order valence-corrected chi connectivity index (χ4v) is 5.26. The van der Waals surface area contributed by atoms with Gasteiger partial charge in [-0.25, -0.2) is 4.98 Å². The van der Waals surface area contributed by atoms with Crippen LogP contribution in [0.25, 0.3) is 0 Å². The SMILES string of the molecule is CCCCCC.Cc1ccccc1N(c1ccc(C)c(N2c3cccnc3N(C)C2C)c1)c1ccccc1C. The molecule has 0 spiro atoms. The molecule has 5 rings (SSSR count). The standard InChI is InChI=1S/C29H30N4.C6H14/c1-20-11-6-8-13-25(20)33(26-14-9-7-12-21(26)2)24-17-16-22(3)28(19-24)32-23(4)31(5)29-27(32)15-10-18-30-29;1-3-5-6-4-2/h6-19,23H,1-5H3;3-6H2,1-2H3. The van der Waals surface area contributed by atoms with Crippen molar-refractivity contribution in [3.8, 4) is 0 Å². The van der Waals surface area contributed by atoms with Gasteiger partial charge in [0.15, 0.2) is 5.82 Å². The lowest BCUT2D eigenvalue weighted by Gasteiger charge is -2.32. The van der Waals surface area contributed by atoms with Gasteiger partial charge >= 0.3 is 0 Å². The minimum atomic E-state index is 0.175. The first-order chi connectivity index (χ1) is 18.9. The third-order valence-corrected chi connectivity index (χ3v) is 7.67. The highest BCUT2D eigenvalue weighted by molar-refractivity contribution is 5.86. The van der Waals surface area contributed by atoms with E-state index in [1.807, 2.05) is 12.3 Å². The van der Waals surface area contributed by atoms with E-state index >= 15 is 0 Å². The molecule has 0 radical (unpaired) electrons. The van der Waals surface area contributed by atoms with Gasteiger partial charge in [0.2, 0.25) is 0 Å². The topological polar surface area (TPSA) is 22.6 Å². The van der Waals surface area contributed by atoms with Crippen LogP contribution in [-0.4, -0.2) is 18.2 Å². The zero-order chi connectivity index (χ0) is 27.9. The summed E-state index contributed by atoms with van der Waals surface area (Å²) in [5.74, 6) is 1.02. The number of anilines is 6. The van der Waals surface area contributed by atoms with E-state index in [1.165, 1.54) is 59.4 Å². The van der Waals surface area contributed by atoms with Gasteiger partial charge in [-0.3, -0.25) is 0 Å². The number of para-hydroxylation sites is 2. The Bertz CT molecular complexity index is 1330. The monoisotopic (exact) mass is 520 g/mol. The summed E-state index contributed by atoms with van der Waals surface area (Å²) in [6.45, 7) is 13.2. The molecule has 0 amide bonds. The molecule has 4 aromatic rings. The molecule has 2 heterocycles. The van der Waals surface area contributed by atoms with Crippen molar-refractivity contribution in [1.82, 2.24) is 4.98 Å². The summed E-state index contributed by atoms with van der Waals surface area (Å²) < 4.78 is 0. The van der Waals surface area contributed by atoms with Gasteiger partial charge in [-0.05, 0) is 80.8 Å². The van der Waals surface area contributed by atoms with Crippen LogP contribution in [0.2, 0.25) is 0 Å². The zero-order valence-electron chi connectivity index (χ0n) is 24.8. The number of hydrogen-bond donors (Lipinski definition) is 0. The number of benzene rings is 3. The van der Waals surface area contributed by atoms with E-state index in [0.717, 1.165) is 17.2 Å². The number of aryl methyl sites for hydroxylation is 3. The molecule has 1 atom stereocenters. The lowest BCUT2D eigenvalue weighted by atomic mass is 10.1. The van der Waals surface area contributed by atoms with Crippen molar-refractivity contribution in [3.63, 3.8) is 0 Å². The number of unbranched alkanes of at least 4 members (excludes halogenated alkanes) is 3. The van der Waals surface area contributed by atoms with Crippen molar-refractivity contribution < 1.29 is 0 Å². The minimum Gasteiger partial charge on any atom is -0.337 e. The molecule has 1 unspecified atom stereocenters. The molecular formula is C35H44N4. The average molecular weight is 521 g/mol. The number of aromatic nitrogens is 1. The molecule has 204 valence electrons. The van der Waals surface area contributed by atoms with Crippen molar-refractivity contribution in [2.45, 2.75) is 73.4 Å². The summed E-state index contributed by atoms with van der Waals surface area (Å²) in [5, 5.41) is 0. The Balaban J connectivity index is 0.000000531. The fourth-order valence-electron chi connectivity index (χ4n) is 5.26. The van der Waals surface area contributed by atoms with E-state index in [1.54, 1.807) is 0 Å². The molecule has 1 aromatic heterocycles. The maximum atomic E-state index is 4.65. The van der Waals surface area contributed by atoms with Crippen molar-refractivity contribution in [2.75, 3.05) is 21.7 Å². The molecule has 0 fully saturated rings. The predicted molar refractivity (Wildman–Crippen MR) is 169 cm³/mol. The Morgan fingerprint density at radius 2 is 1.31 bits per heavy atom. The van der Waals surface area contributed by atoms with Crippen LogP contribution in [-0.2, 0) is 0 Å². The maximum Gasteiger partial charge on any atom is 0.153 e. The molecule has 0 saturated heterocycles. The van der Waals surface area contributed by atoms with Crippen LogP contribution < -0.4 is 14.7 Å². The molecule has 39 heavy (non-hydrogen) atoms. The van der Waals surface area contributed by atoms with E-state index in [9.17, 15) is 0 Å². The van der Waals surface area contributed by atoms with Gasteiger partial charge < -0.3 is 14.7 Å². The lowest BCUT2D eigenvalue weighted by molar-refractivity contribution is 0.702. The first-order valence-electron chi connectivity index (χ1n) is 14.4. The van der Waals surface area contributed by atoms with Crippen LogP contribution in [0, 0.1) is 20.8 Å². The summed E-state index contributed by atoms with van der Waals surface area (Å²) in [4.78, 5) is 11.7. The van der Waals surface area contributed by atoms with Crippen LogP contribution in [0.4, 0.5) is 34.3 Å². The van der Waals surface area contributed by atoms with Gasteiger partial charge in [0.05, 0.1) is 5.69 Å². The van der Waals surface area contributed by atoms with Crippen LogP contribution in [0.5, 0.6) is 0 Å². The molecule has 3 aromatic carbocycles. The molecule has 4 heteroatoms. The van der Waals surface area contributed by atoms with Crippen LogP contribution in [0.3, 0.4) is 0 Å². The second-order valence-corrected chi connectivity index (χ2v) is 10.5. The summed E-state index contributed by atoms with van der Waals surface area (Å²) in [6, 6.07) is 28.1. The second kappa shape index (κ2) is 12.8. The highest BCUT2D eigenvalue weighted by atomic mass is 15.4. The van der Waals surface area contributed by atoms with E-state index in [4.69, 9.17) is 0 Å². The maximum absolute atomic E-state index is 4.65. The molecule has 0 saturated carbocycles. The number of hydrogen-bond acceptors (Lipinski definition) is 4. The zero-order valence-corrected chi connectivity index (χ0v) is 24.8. The van der Waals surface area contributed by atoms with Crippen molar-refractivity contribution >= 4 is 34.3 Å². The van der Waals surface area contributed by atoms with E-state index in [2.05, 4.69) is 141 Å². The van der Waals surface area contributed by atoms with Gasteiger partial charge in [0.25, 0.3) is 0 Å². The summed E-state index contributed by atoms with van der Waals surface area (Å²) in [6.07, 6.45) is 7.58. The van der Waals surface area contributed by atoms with E-state index in [-0.39, 0.29) is 6.17 Å². The Hall–Kier alpha value is -3.79. The predicted octanol–water partition coefficient (Wildman–Crippen LogP) is 10.00. The first kappa shape index (κ1) is 28.2. The Labute approximate surface area is 235 Å². The van der Waals surface area contributed by atoms with Crippen molar-refractivity contribution in [2.24, 2.45) is 0 Å². The summed E-state index contributed by atoms with van der Waals surface area (Å²) in [7, 11) is 2.11. The molecule has 4 nitrogen and oxygen atoms in total. The average Bonchev–Trinajstić information content (AvgIpc) is 3.20. The lowest BCUT2D eigenvalue weighted by Crippen LogP contribution is -2.36. The van der Waals surface area contributed by atoms with Crippen LogP contribution in [0.1, 0.15) is 63.1 Å². The number of rotatable bonds is 7. The Morgan fingerprint density at radius 1 is 0.718 bits per heavy atom. The Kier molecular flexibility index (Phi) is 9.29. The second-order valence-electron chi connectivity index (χ2n) is 10.5. The molecule has 0 bridgehead atoms. The quantitative estimate of drug-likeness (QED) is 0.226. The number of pyridine rings is 1. The molecular weight excluding hydrogens is 476 g/mol. The van der Waals surface area contributed by atoms with E-state index in [0.29, 0.717) is 0 Å². The summed E-state index contributed by atoms with van der Waals surface area (Å²) >= 11 is 0. The third-order valence-electron chi connectivity index (χ3n) is 7.67. The highest BCUT2D eigenvalue weighted by Crippen LogP contribution is 2.45. The number of nitrogens with zero attached hydrogens (tertiary/aromatic N) is 4. The fraction of sp³-hybridized carbons (Fsp3) is 0.343. The Morgan fingerprint density at radius 3 is 1.87 bits per heavy atom. The number of fused-ring (bicyclic) bond motifs is 1. The highest BCUT2D eigenvalue weighted by Gasteiger charge is 2.33. The van der Waals surface area contributed by atoms with Gasteiger partial charge in [-0.2, -0.15) is 0 Å². The van der Waals surface area contributed by atoms with E-state index < -0.39 is 0 Å². The molecule has 1 aliphatic rings. The molecule has 0 N–H and O–H groups in total. The van der Waals surface area contributed by atoms with Crippen molar-refractivity contribution in [1.29, 1.82) is 0 Å². The normalized spacial score (nSPS) is 14.1. The van der Waals surface area contributed by atoms with Gasteiger partial charge in [0.1, 0.15) is 6.17 Å². The molecule has 0 aliphatic carbocycles. The van der Waals surface area contributed by atoms with Gasteiger partial charge in [0, 0.05) is 36.0 Å². The summed E-state index contributed by atoms with van der Waals surface area (Å²) in [5.41, 5.74) is 9.59. The first-order valence-corrected chi connectivity index (χ1v) is 14.4. The van der Waals surface area contributed by atoms with Crippen LogP contribution >= 0.6 is 0 Å². The smallest absolute Gasteiger partial charge is 0.153 e. The van der Waals surface area contributed by atoms with Crippen molar-refractivity contribution in [3.05, 3.63) is 102 Å². The van der Waals surface area contributed by atoms with Gasteiger partial charge in [-0.15, -0.1) is 0 Å². The minimum absolute atomic E-state index is 0.175. The third kappa shape index (κ3) is 5.95. The molecule has 1 aliphatic heterocycles.